The summed E-state index contributed by atoms with van der Waals surface area (Å²) in [5.74, 6) is -0.412. The second-order valence-electron chi connectivity index (χ2n) is 8.26. The molecule has 8 nitrogen and oxygen atoms in total. The fourth-order valence-electron chi connectivity index (χ4n) is 2.97. The molecule has 1 aromatic heterocycles. The first-order chi connectivity index (χ1) is 15.5. The van der Waals surface area contributed by atoms with Crippen molar-refractivity contribution in [1.29, 1.82) is 0 Å². The van der Waals surface area contributed by atoms with Gasteiger partial charge in [0.05, 0.1) is 29.1 Å². The average Bonchev–Trinajstić information content (AvgIpc) is 3.24. The topological polar surface area (TPSA) is 118 Å². The second-order valence-corrected chi connectivity index (χ2v) is 10.3. The summed E-state index contributed by atoms with van der Waals surface area (Å²) in [5.41, 5.74) is -0.151. The van der Waals surface area contributed by atoms with E-state index in [2.05, 4.69) is 15.4 Å². The summed E-state index contributed by atoms with van der Waals surface area (Å²) < 4.78 is 33.2. The Morgan fingerprint density at radius 1 is 1.00 bits per heavy atom. The number of nitrogens with one attached hydrogen (secondary N) is 3. The molecule has 0 aliphatic rings. The number of carbonyl (C=O) groups is 2. The van der Waals surface area contributed by atoms with Crippen LogP contribution < -0.4 is 15.4 Å². The van der Waals surface area contributed by atoms with Gasteiger partial charge >= 0.3 is 0 Å². The van der Waals surface area contributed by atoms with Crippen LogP contribution in [-0.2, 0) is 16.6 Å². The molecule has 0 saturated heterocycles. The van der Waals surface area contributed by atoms with Crippen LogP contribution >= 0.6 is 11.6 Å². The summed E-state index contributed by atoms with van der Waals surface area (Å²) in [6, 6.07) is 13.9. The van der Waals surface area contributed by atoms with E-state index in [1.165, 1.54) is 24.5 Å². The van der Waals surface area contributed by atoms with Crippen LogP contribution in [0.25, 0.3) is 0 Å². The van der Waals surface area contributed by atoms with E-state index in [9.17, 15) is 18.0 Å². The maximum absolute atomic E-state index is 12.9. The normalized spacial score (nSPS) is 11.8. The number of hydrogen-bond acceptors (Lipinski definition) is 5. The fraction of sp³-hybridized carbons (Fsp3) is 0.217. The van der Waals surface area contributed by atoms with Crippen LogP contribution in [0.4, 0.5) is 5.69 Å². The van der Waals surface area contributed by atoms with Gasteiger partial charge in [0.1, 0.15) is 10.7 Å². The summed E-state index contributed by atoms with van der Waals surface area (Å²) in [6.45, 7) is 5.28. The van der Waals surface area contributed by atoms with Crippen molar-refractivity contribution in [2.45, 2.75) is 37.8 Å². The number of para-hydroxylation sites is 1. The number of furan rings is 1. The second kappa shape index (κ2) is 9.78. The van der Waals surface area contributed by atoms with Crippen LogP contribution in [0, 0.1) is 0 Å². The van der Waals surface area contributed by atoms with Crippen LogP contribution in [0.5, 0.6) is 0 Å². The van der Waals surface area contributed by atoms with Crippen molar-refractivity contribution >= 4 is 39.1 Å². The first-order valence-corrected chi connectivity index (χ1v) is 11.9. The van der Waals surface area contributed by atoms with E-state index in [-0.39, 0.29) is 33.3 Å². The Morgan fingerprint density at radius 3 is 2.39 bits per heavy atom. The minimum absolute atomic E-state index is 0.0130. The molecule has 0 aliphatic heterocycles. The molecule has 33 heavy (non-hydrogen) atoms. The van der Waals surface area contributed by atoms with Crippen LogP contribution in [-0.4, -0.2) is 25.8 Å². The number of halogens is 1. The van der Waals surface area contributed by atoms with Gasteiger partial charge < -0.3 is 15.1 Å². The van der Waals surface area contributed by atoms with Gasteiger partial charge in [-0.15, -0.1) is 0 Å². The predicted octanol–water partition coefficient (Wildman–Crippen LogP) is 4.19. The standard InChI is InChI=1S/C23H24ClN3O5S/c1-23(2,3)27-33(30,31)20-13-15(10-11-18(20)24)21(28)26-19-9-5-4-8-17(19)22(29)25-14-16-7-6-12-32-16/h4-13,27H,14H2,1-3H3,(H,25,29)(H,26,28). The predicted molar refractivity (Wildman–Crippen MR) is 126 cm³/mol. The summed E-state index contributed by atoms with van der Waals surface area (Å²) in [4.78, 5) is 25.3. The molecule has 3 rings (SSSR count). The van der Waals surface area contributed by atoms with Gasteiger partial charge in [-0.25, -0.2) is 13.1 Å². The van der Waals surface area contributed by atoms with Gasteiger partial charge in [-0.1, -0.05) is 23.7 Å². The summed E-state index contributed by atoms with van der Waals surface area (Å²) in [5, 5.41) is 5.38. The number of sulfonamides is 1. The van der Waals surface area contributed by atoms with Gasteiger partial charge in [0.2, 0.25) is 10.0 Å². The Balaban J connectivity index is 1.82. The van der Waals surface area contributed by atoms with Crippen molar-refractivity contribution in [1.82, 2.24) is 10.0 Å². The van der Waals surface area contributed by atoms with Crippen molar-refractivity contribution in [2.24, 2.45) is 0 Å². The van der Waals surface area contributed by atoms with Crippen molar-refractivity contribution in [2.75, 3.05) is 5.32 Å². The minimum Gasteiger partial charge on any atom is -0.467 e. The number of anilines is 1. The van der Waals surface area contributed by atoms with Gasteiger partial charge in [-0.2, -0.15) is 0 Å². The Kier molecular flexibility index (Phi) is 7.26. The smallest absolute Gasteiger partial charge is 0.255 e. The molecule has 0 saturated carbocycles. The average molecular weight is 490 g/mol. The Bertz CT molecular complexity index is 1270. The van der Waals surface area contributed by atoms with Crippen molar-refractivity contribution in [3.05, 3.63) is 82.8 Å². The van der Waals surface area contributed by atoms with E-state index >= 15 is 0 Å². The highest BCUT2D eigenvalue weighted by Crippen LogP contribution is 2.25. The highest BCUT2D eigenvalue weighted by Gasteiger charge is 2.25. The molecule has 0 unspecified atom stereocenters. The van der Waals surface area contributed by atoms with E-state index in [0.717, 1.165) is 0 Å². The van der Waals surface area contributed by atoms with Gasteiger partial charge in [0.15, 0.2) is 0 Å². The molecule has 10 heteroatoms. The molecule has 3 N–H and O–H groups in total. The third-order valence-electron chi connectivity index (χ3n) is 4.35. The number of carbonyl (C=O) groups excluding carboxylic acids is 2. The minimum atomic E-state index is -3.96. The van der Waals surface area contributed by atoms with Crippen molar-refractivity contribution < 1.29 is 22.4 Å². The van der Waals surface area contributed by atoms with Crippen molar-refractivity contribution in [3.63, 3.8) is 0 Å². The molecular formula is C23H24ClN3O5S. The molecule has 1 heterocycles. The molecular weight excluding hydrogens is 466 g/mol. The van der Waals surface area contributed by atoms with Gasteiger partial charge in [-0.3, -0.25) is 9.59 Å². The van der Waals surface area contributed by atoms with Crippen LogP contribution in [0.2, 0.25) is 5.02 Å². The highest BCUT2D eigenvalue weighted by atomic mass is 35.5. The largest absolute Gasteiger partial charge is 0.467 e. The van der Waals surface area contributed by atoms with E-state index < -0.39 is 27.4 Å². The van der Waals surface area contributed by atoms with Crippen molar-refractivity contribution in [3.8, 4) is 0 Å². The molecule has 0 atom stereocenters. The molecule has 0 fully saturated rings. The van der Waals surface area contributed by atoms with E-state index in [1.54, 1.807) is 57.2 Å². The number of rotatable bonds is 7. The number of benzene rings is 2. The van der Waals surface area contributed by atoms with E-state index in [1.807, 2.05) is 0 Å². The third-order valence-corrected chi connectivity index (χ3v) is 6.59. The van der Waals surface area contributed by atoms with E-state index in [4.69, 9.17) is 16.0 Å². The van der Waals surface area contributed by atoms with Gasteiger partial charge in [0, 0.05) is 11.1 Å². The first-order valence-electron chi connectivity index (χ1n) is 10.0. The molecule has 0 radical (unpaired) electrons. The fourth-order valence-corrected chi connectivity index (χ4v) is 4.91. The summed E-state index contributed by atoms with van der Waals surface area (Å²) in [7, 11) is -3.96. The first kappa shape index (κ1) is 24.5. The molecule has 2 aromatic carbocycles. The van der Waals surface area contributed by atoms with Crippen LogP contribution in [0.15, 0.2) is 70.2 Å². The molecule has 174 valence electrons. The maximum atomic E-state index is 12.9. The lowest BCUT2D eigenvalue weighted by Gasteiger charge is -2.21. The lowest BCUT2D eigenvalue weighted by atomic mass is 10.1. The maximum Gasteiger partial charge on any atom is 0.255 e. The number of amides is 2. The molecule has 3 aromatic rings. The summed E-state index contributed by atoms with van der Waals surface area (Å²) >= 11 is 6.11. The Hall–Kier alpha value is -3.14. The molecule has 2 amide bonds. The monoisotopic (exact) mass is 489 g/mol. The molecule has 0 aliphatic carbocycles. The van der Waals surface area contributed by atoms with Gasteiger partial charge in [0.25, 0.3) is 11.8 Å². The lowest BCUT2D eigenvalue weighted by Crippen LogP contribution is -2.40. The highest BCUT2D eigenvalue weighted by molar-refractivity contribution is 7.89. The zero-order valence-corrected chi connectivity index (χ0v) is 19.9. The Morgan fingerprint density at radius 2 is 1.73 bits per heavy atom. The van der Waals surface area contributed by atoms with Gasteiger partial charge in [-0.05, 0) is 63.2 Å². The quantitative estimate of drug-likeness (QED) is 0.460. The third kappa shape index (κ3) is 6.44. The van der Waals surface area contributed by atoms with E-state index in [0.29, 0.717) is 5.76 Å². The zero-order chi connectivity index (χ0) is 24.2. The molecule has 0 bridgehead atoms. The van der Waals surface area contributed by atoms with Crippen LogP contribution in [0.1, 0.15) is 47.2 Å². The Labute approximate surface area is 197 Å². The van der Waals surface area contributed by atoms with Crippen LogP contribution in [0.3, 0.4) is 0 Å². The SMILES string of the molecule is CC(C)(C)NS(=O)(=O)c1cc(C(=O)Nc2ccccc2C(=O)NCc2ccco2)ccc1Cl. The molecule has 0 spiro atoms. The lowest BCUT2D eigenvalue weighted by molar-refractivity contribution is 0.0949. The number of hydrogen-bond donors (Lipinski definition) is 3. The summed E-state index contributed by atoms with van der Waals surface area (Å²) in [6.07, 6.45) is 1.51. The zero-order valence-electron chi connectivity index (χ0n) is 18.3.